The second-order valence-corrected chi connectivity index (χ2v) is 6.97. The number of aromatic nitrogens is 3. The van der Waals surface area contributed by atoms with Crippen LogP contribution in [0.15, 0.2) is 59.8 Å². The Morgan fingerprint density at radius 2 is 1.93 bits per heavy atom. The minimum atomic E-state index is -0.426. The van der Waals surface area contributed by atoms with Gasteiger partial charge in [0.2, 0.25) is 5.91 Å². The Bertz CT molecular complexity index is 964. The van der Waals surface area contributed by atoms with Gasteiger partial charge in [0.05, 0.1) is 11.8 Å². The summed E-state index contributed by atoms with van der Waals surface area (Å²) in [4.78, 5) is 12.1. The van der Waals surface area contributed by atoms with E-state index in [4.69, 9.17) is 6.42 Å². The molecule has 5 nitrogen and oxygen atoms in total. The van der Waals surface area contributed by atoms with Crippen molar-refractivity contribution in [3.63, 3.8) is 0 Å². The number of terminal acetylenes is 1. The van der Waals surface area contributed by atoms with E-state index >= 15 is 0 Å². The molecular weight excluding hydrogens is 363 g/mol. The smallest absolute Gasteiger partial charge is 0.234 e. The van der Waals surface area contributed by atoms with Crippen LogP contribution in [0.3, 0.4) is 0 Å². The largest absolute Gasteiger partial charge is 0.344 e. The molecule has 0 fully saturated rings. The van der Waals surface area contributed by atoms with Gasteiger partial charge in [-0.05, 0) is 31.2 Å². The van der Waals surface area contributed by atoms with Crippen molar-refractivity contribution in [3.8, 4) is 29.4 Å². The normalized spacial score (nSPS) is 11.6. The fraction of sp³-hybridized carbons (Fsp3) is 0.150. The summed E-state index contributed by atoms with van der Waals surface area (Å²) in [6.07, 6.45) is 5.18. The van der Waals surface area contributed by atoms with E-state index in [9.17, 15) is 9.18 Å². The van der Waals surface area contributed by atoms with Crippen molar-refractivity contribution in [2.75, 3.05) is 6.54 Å². The Morgan fingerprint density at radius 1 is 1.22 bits per heavy atom. The van der Waals surface area contributed by atoms with Crippen LogP contribution in [0.25, 0.3) is 17.1 Å². The predicted molar refractivity (Wildman–Crippen MR) is 104 cm³/mol. The second-order valence-electron chi connectivity index (χ2n) is 5.67. The third-order valence-electron chi connectivity index (χ3n) is 3.77. The Balaban J connectivity index is 1.99. The van der Waals surface area contributed by atoms with Gasteiger partial charge >= 0.3 is 0 Å². The molecule has 7 heteroatoms. The van der Waals surface area contributed by atoms with Crippen molar-refractivity contribution < 1.29 is 9.18 Å². The van der Waals surface area contributed by atoms with Gasteiger partial charge in [0.25, 0.3) is 0 Å². The molecule has 0 saturated heterocycles. The van der Waals surface area contributed by atoms with Crippen LogP contribution in [0.2, 0.25) is 0 Å². The molecule has 1 atom stereocenters. The minimum Gasteiger partial charge on any atom is -0.344 e. The number of nitrogens with zero attached hydrogens (tertiary/aromatic N) is 3. The zero-order chi connectivity index (χ0) is 19.2. The van der Waals surface area contributed by atoms with Crippen LogP contribution >= 0.6 is 11.8 Å². The number of carbonyl (C=O) groups excluding carboxylic acids is 1. The number of nitrogens with one attached hydrogen (secondary N) is 1. The van der Waals surface area contributed by atoms with Crippen LogP contribution in [0, 0.1) is 18.2 Å². The molecule has 1 N–H and O–H groups in total. The Hall–Kier alpha value is -3.11. The van der Waals surface area contributed by atoms with Crippen molar-refractivity contribution in [3.05, 3.63) is 60.4 Å². The van der Waals surface area contributed by atoms with Crippen LogP contribution in [0.4, 0.5) is 4.39 Å². The Labute approximate surface area is 161 Å². The van der Waals surface area contributed by atoms with E-state index in [1.54, 1.807) is 19.1 Å². The van der Waals surface area contributed by atoms with Gasteiger partial charge in [-0.1, -0.05) is 48.0 Å². The van der Waals surface area contributed by atoms with Crippen LogP contribution < -0.4 is 5.32 Å². The molecule has 1 amide bonds. The number of carbonyl (C=O) groups is 1. The SMILES string of the molecule is C#CCNC(=O)C(C)Sc1nnc(-c2ccccc2)n1-c1ccc(F)cc1. The zero-order valence-corrected chi connectivity index (χ0v) is 15.4. The zero-order valence-electron chi connectivity index (χ0n) is 14.6. The lowest BCUT2D eigenvalue weighted by Gasteiger charge is -2.13. The molecule has 2 aromatic carbocycles. The maximum Gasteiger partial charge on any atom is 0.234 e. The number of thioether (sulfide) groups is 1. The highest BCUT2D eigenvalue weighted by atomic mass is 32.2. The molecule has 3 rings (SSSR count). The first-order valence-electron chi connectivity index (χ1n) is 8.24. The van der Waals surface area contributed by atoms with Gasteiger partial charge in [-0.3, -0.25) is 9.36 Å². The maximum absolute atomic E-state index is 13.4. The first kappa shape index (κ1) is 18.7. The molecule has 3 aromatic rings. The van der Waals surface area contributed by atoms with Gasteiger partial charge in [0.15, 0.2) is 11.0 Å². The molecule has 1 unspecified atom stereocenters. The third kappa shape index (κ3) is 4.36. The average molecular weight is 380 g/mol. The fourth-order valence-corrected chi connectivity index (χ4v) is 3.33. The van der Waals surface area contributed by atoms with Gasteiger partial charge in [-0.25, -0.2) is 4.39 Å². The molecule has 27 heavy (non-hydrogen) atoms. The van der Waals surface area contributed by atoms with E-state index in [-0.39, 0.29) is 18.3 Å². The summed E-state index contributed by atoms with van der Waals surface area (Å²) in [5.41, 5.74) is 1.57. The highest BCUT2D eigenvalue weighted by Crippen LogP contribution is 2.30. The Morgan fingerprint density at radius 3 is 2.59 bits per heavy atom. The standard InChI is InChI=1S/C20H17FN4OS/c1-3-13-22-19(26)14(2)27-20-24-23-18(15-7-5-4-6-8-15)25(20)17-11-9-16(21)10-12-17/h1,4-12,14H,13H2,2H3,(H,22,26). The minimum absolute atomic E-state index is 0.170. The fourth-order valence-electron chi connectivity index (χ4n) is 2.44. The monoisotopic (exact) mass is 380 g/mol. The topological polar surface area (TPSA) is 59.8 Å². The van der Waals surface area contributed by atoms with E-state index in [0.717, 1.165) is 5.56 Å². The first-order valence-corrected chi connectivity index (χ1v) is 9.12. The van der Waals surface area contributed by atoms with Crippen molar-refractivity contribution >= 4 is 17.7 Å². The molecule has 0 aliphatic rings. The highest BCUT2D eigenvalue weighted by Gasteiger charge is 2.21. The van der Waals surface area contributed by atoms with Gasteiger partial charge in [0, 0.05) is 11.3 Å². The van der Waals surface area contributed by atoms with Crippen molar-refractivity contribution in [1.29, 1.82) is 0 Å². The number of hydrogen-bond acceptors (Lipinski definition) is 4. The lowest BCUT2D eigenvalue weighted by atomic mass is 10.2. The molecule has 0 saturated carbocycles. The lowest BCUT2D eigenvalue weighted by molar-refractivity contribution is -0.120. The molecule has 1 heterocycles. The van der Waals surface area contributed by atoms with Crippen LogP contribution in [-0.2, 0) is 4.79 Å². The molecular formula is C20H17FN4OS. The maximum atomic E-state index is 13.4. The summed E-state index contributed by atoms with van der Waals surface area (Å²) in [6.45, 7) is 1.94. The summed E-state index contributed by atoms with van der Waals surface area (Å²) in [5, 5.41) is 11.3. The van der Waals surface area contributed by atoms with Crippen molar-refractivity contribution in [2.24, 2.45) is 0 Å². The van der Waals surface area contributed by atoms with Gasteiger partial charge in [0.1, 0.15) is 5.82 Å². The van der Waals surface area contributed by atoms with Crippen LogP contribution in [0.5, 0.6) is 0 Å². The van der Waals surface area contributed by atoms with E-state index in [0.29, 0.717) is 16.7 Å². The summed E-state index contributed by atoms with van der Waals surface area (Å²) in [5.74, 6) is 2.47. The van der Waals surface area contributed by atoms with Gasteiger partial charge < -0.3 is 5.32 Å². The number of benzene rings is 2. The van der Waals surface area contributed by atoms with E-state index in [1.807, 2.05) is 34.9 Å². The lowest BCUT2D eigenvalue weighted by Crippen LogP contribution is -2.31. The Kier molecular flexibility index (Phi) is 5.89. The molecule has 1 aromatic heterocycles. The van der Waals surface area contributed by atoms with Gasteiger partial charge in [-0.2, -0.15) is 0 Å². The van der Waals surface area contributed by atoms with E-state index in [1.165, 1.54) is 23.9 Å². The van der Waals surface area contributed by atoms with Crippen LogP contribution in [-0.4, -0.2) is 32.5 Å². The van der Waals surface area contributed by atoms with Crippen molar-refractivity contribution in [2.45, 2.75) is 17.3 Å². The second kappa shape index (κ2) is 8.52. The quantitative estimate of drug-likeness (QED) is 0.527. The molecule has 136 valence electrons. The summed E-state index contributed by atoms with van der Waals surface area (Å²) in [6, 6.07) is 15.6. The van der Waals surface area contributed by atoms with Crippen LogP contribution in [0.1, 0.15) is 6.92 Å². The number of halogens is 1. The van der Waals surface area contributed by atoms with E-state index < -0.39 is 5.25 Å². The summed E-state index contributed by atoms with van der Waals surface area (Å²) >= 11 is 1.26. The number of amides is 1. The average Bonchev–Trinajstić information content (AvgIpc) is 3.10. The van der Waals surface area contributed by atoms with E-state index in [2.05, 4.69) is 21.4 Å². The number of rotatable bonds is 6. The van der Waals surface area contributed by atoms with Crippen molar-refractivity contribution in [1.82, 2.24) is 20.1 Å². The highest BCUT2D eigenvalue weighted by molar-refractivity contribution is 8.00. The van der Waals surface area contributed by atoms with Gasteiger partial charge in [-0.15, -0.1) is 16.6 Å². The molecule has 0 radical (unpaired) electrons. The predicted octanol–water partition coefficient (Wildman–Crippen LogP) is 3.30. The summed E-state index contributed by atoms with van der Waals surface area (Å²) in [7, 11) is 0. The molecule has 0 aliphatic carbocycles. The molecule has 0 aliphatic heterocycles. The number of hydrogen-bond donors (Lipinski definition) is 1. The molecule has 0 spiro atoms. The summed E-state index contributed by atoms with van der Waals surface area (Å²) < 4.78 is 15.2. The third-order valence-corrected chi connectivity index (χ3v) is 4.81. The molecule has 0 bridgehead atoms. The first-order chi connectivity index (χ1) is 13.1.